The summed E-state index contributed by atoms with van der Waals surface area (Å²) in [7, 11) is 4.19. The van der Waals surface area contributed by atoms with Crippen LogP contribution in [0.4, 0.5) is 0 Å². The summed E-state index contributed by atoms with van der Waals surface area (Å²) in [5.74, 6) is 2.09. The Labute approximate surface area is 120 Å². The van der Waals surface area contributed by atoms with E-state index in [1.165, 1.54) is 42.4 Å². The van der Waals surface area contributed by atoms with Crippen LogP contribution in [0, 0.1) is 0 Å². The standard InChI is InChI=1S/C16H24NOS/c1-17-9-3-4-14(17)10-16(11-17)19-12-13-5-7-15(18-2)8-6-13/h5-8,14,16H,3-4,9-12H2,1-2H3/q+1. The van der Waals surface area contributed by atoms with Crippen LogP contribution in [0.2, 0.25) is 0 Å². The van der Waals surface area contributed by atoms with Crippen molar-refractivity contribution in [2.24, 2.45) is 0 Å². The molecule has 3 atom stereocenters. The summed E-state index contributed by atoms with van der Waals surface area (Å²) in [6.45, 7) is 2.79. The lowest BCUT2D eigenvalue weighted by Gasteiger charge is -2.29. The third-order valence-corrected chi connectivity index (χ3v) is 6.20. The fourth-order valence-electron chi connectivity index (χ4n) is 3.69. The average molecular weight is 278 g/mol. The number of methoxy groups -OCH3 is 1. The number of ether oxygens (including phenoxy) is 1. The van der Waals surface area contributed by atoms with Gasteiger partial charge in [-0.1, -0.05) is 12.1 Å². The summed E-state index contributed by atoms with van der Waals surface area (Å²) in [4.78, 5) is 0. The molecule has 0 spiro atoms. The molecule has 2 aliphatic heterocycles. The van der Waals surface area contributed by atoms with Crippen molar-refractivity contribution in [3.8, 4) is 5.75 Å². The maximum atomic E-state index is 5.20. The van der Waals surface area contributed by atoms with E-state index in [0.717, 1.165) is 22.8 Å². The van der Waals surface area contributed by atoms with Gasteiger partial charge >= 0.3 is 0 Å². The number of quaternary nitrogens is 1. The minimum absolute atomic E-state index is 0.859. The van der Waals surface area contributed by atoms with E-state index in [9.17, 15) is 0 Å². The lowest BCUT2D eigenvalue weighted by molar-refractivity contribution is -0.908. The number of thioether (sulfide) groups is 1. The van der Waals surface area contributed by atoms with E-state index < -0.39 is 0 Å². The Bertz CT molecular complexity index is 433. The van der Waals surface area contributed by atoms with Crippen LogP contribution in [-0.2, 0) is 5.75 Å². The van der Waals surface area contributed by atoms with Crippen LogP contribution in [-0.4, -0.2) is 43.0 Å². The van der Waals surface area contributed by atoms with Gasteiger partial charge in [-0.2, -0.15) is 0 Å². The van der Waals surface area contributed by atoms with Crippen molar-refractivity contribution in [2.45, 2.75) is 36.3 Å². The molecular formula is C16H24NOS+. The summed E-state index contributed by atoms with van der Waals surface area (Å²) in [6, 6.07) is 9.47. The molecule has 0 aliphatic carbocycles. The van der Waals surface area contributed by atoms with Gasteiger partial charge in [-0.25, -0.2) is 0 Å². The zero-order valence-corrected chi connectivity index (χ0v) is 12.8. The molecule has 0 amide bonds. The van der Waals surface area contributed by atoms with Crippen LogP contribution in [0.1, 0.15) is 24.8 Å². The van der Waals surface area contributed by atoms with Gasteiger partial charge in [0.1, 0.15) is 5.75 Å². The molecule has 0 saturated carbocycles. The molecule has 3 heteroatoms. The van der Waals surface area contributed by atoms with Gasteiger partial charge < -0.3 is 9.22 Å². The number of rotatable bonds is 4. The SMILES string of the molecule is COc1ccc(CSC2CC3CCC[N+]3(C)C2)cc1. The fraction of sp³-hybridized carbons (Fsp3) is 0.625. The Morgan fingerprint density at radius 2 is 2.11 bits per heavy atom. The second-order valence-corrected chi connectivity index (χ2v) is 7.49. The van der Waals surface area contributed by atoms with Crippen LogP contribution in [0.5, 0.6) is 5.75 Å². The van der Waals surface area contributed by atoms with Crippen molar-refractivity contribution >= 4 is 11.8 Å². The fourth-order valence-corrected chi connectivity index (χ4v) is 5.12. The Morgan fingerprint density at radius 3 is 2.79 bits per heavy atom. The van der Waals surface area contributed by atoms with Crippen LogP contribution < -0.4 is 4.74 Å². The molecule has 1 aromatic rings. The first kappa shape index (κ1) is 13.3. The zero-order chi connectivity index (χ0) is 13.3. The zero-order valence-electron chi connectivity index (χ0n) is 12.0. The van der Waals surface area contributed by atoms with E-state index >= 15 is 0 Å². The van der Waals surface area contributed by atoms with E-state index in [4.69, 9.17) is 4.74 Å². The van der Waals surface area contributed by atoms with Gasteiger partial charge in [0.15, 0.2) is 0 Å². The summed E-state index contributed by atoms with van der Waals surface area (Å²) in [5, 5.41) is 0.859. The molecule has 2 aliphatic rings. The van der Waals surface area contributed by atoms with E-state index in [1.54, 1.807) is 7.11 Å². The number of hydrogen-bond acceptors (Lipinski definition) is 2. The molecular weight excluding hydrogens is 254 g/mol. The molecule has 0 aromatic heterocycles. The highest BCUT2D eigenvalue weighted by atomic mass is 32.2. The van der Waals surface area contributed by atoms with Gasteiger partial charge in [-0.3, -0.25) is 0 Å². The highest BCUT2D eigenvalue weighted by Crippen LogP contribution is 2.39. The molecule has 104 valence electrons. The molecule has 2 nitrogen and oxygen atoms in total. The van der Waals surface area contributed by atoms with Gasteiger partial charge in [0.05, 0.1) is 38.5 Å². The van der Waals surface area contributed by atoms with Crippen LogP contribution in [0.15, 0.2) is 24.3 Å². The van der Waals surface area contributed by atoms with Crippen LogP contribution >= 0.6 is 11.8 Å². The van der Waals surface area contributed by atoms with Crippen molar-refractivity contribution < 1.29 is 9.22 Å². The minimum atomic E-state index is 0.859. The van der Waals surface area contributed by atoms with Crippen LogP contribution in [0.25, 0.3) is 0 Å². The van der Waals surface area contributed by atoms with E-state index in [-0.39, 0.29) is 0 Å². The third kappa shape index (κ3) is 2.77. The smallest absolute Gasteiger partial charge is 0.118 e. The average Bonchev–Trinajstić information content (AvgIpc) is 2.91. The van der Waals surface area contributed by atoms with Crippen molar-refractivity contribution in [2.75, 3.05) is 27.2 Å². The Morgan fingerprint density at radius 1 is 1.32 bits per heavy atom. The van der Waals surface area contributed by atoms with Crippen LogP contribution in [0.3, 0.4) is 0 Å². The van der Waals surface area contributed by atoms with Crippen molar-refractivity contribution in [3.63, 3.8) is 0 Å². The maximum Gasteiger partial charge on any atom is 0.118 e. The van der Waals surface area contributed by atoms with Crippen molar-refractivity contribution in [1.82, 2.24) is 0 Å². The molecule has 0 bridgehead atoms. The van der Waals surface area contributed by atoms with Gasteiger partial charge in [0.2, 0.25) is 0 Å². The molecule has 2 heterocycles. The molecule has 2 saturated heterocycles. The Balaban J connectivity index is 1.53. The highest BCUT2D eigenvalue weighted by Gasteiger charge is 2.46. The number of hydrogen-bond donors (Lipinski definition) is 0. The highest BCUT2D eigenvalue weighted by molar-refractivity contribution is 7.99. The monoisotopic (exact) mass is 278 g/mol. The molecule has 3 rings (SSSR count). The van der Waals surface area contributed by atoms with Gasteiger partial charge in [-0.05, 0) is 17.7 Å². The maximum absolute atomic E-state index is 5.20. The predicted octanol–water partition coefficient (Wildman–Crippen LogP) is 3.31. The quantitative estimate of drug-likeness (QED) is 0.782. The van der Waals surface area contributed by atoms with Crippen molar-refractivity contribution in [1.29, 1.82) is 0 Å². The lowest BCUT2D eigenvalue weighted by atomic mass is 10.1. The number of benzene rings is 1. The second-order valence-electron chi connectivity index (χ2n) is 6.20. The number of nitrogens with zero attached hydrogens (tertiary/aromatic N) is 1. The lowest BCUT2D eigenvalue weighted by Crippen LogP contribution is -2.43. The van der Waals surface area contributed by atoms with Gasteiger partial charge in [0, 0.05) is 25.0 Å². The Kier molecular flexibility index (Phi) is 3.77. The first-order chi connectivity index (χ1) is 9.19. The third-order valence-electron chi connectivity index (χ3n) is 4.89. The van der Waals surface area contributed by atoms with Crippen molar-refractivity contribution in [3.05, 3.63) is 29.8 Å². The molecule has 2 fully saturated rings. The topological polar surface area (TPSA) is 9.23 Å². The molecule has 1 aromatic carbocycles. The van der Waals surface area contributed by atoms with E-state index in [2.05, 4.69) is 43.1 Å². The normalized spacial score (nSPS) is 33.4. The minimum Gasteiger partial charge on any atom is -0.497 e. The van der Waals surface area contributed by atoms with Gasteiger partial charge in [0.25, 0.3) is 0 Å². The summed E-state index contributed by atoms with van der Waals surface area (Å²) < 4.78 is 6.55. The first-order valence-electron chi connectivity index (χ1n) is 7.28. The summed E-state index contributed by atoms with van der Waals surface area (Å²) >= 11 is 2.15. The summed E-state index contributed by atoms with van der Waals surface area (Å²) in [6.07, 6.45) is 4.32. The molecule has 0 radical (unpaired) electrons. The Hall–Kier alpha value is -0.670. The molecule has 3 unspecified atom stereocenters. The van der Waals surface area contributed by atoms with Gasteiger partial charge in [-0.15, -0.1) is 11.8 Å². The largest absolute Gasteiger partial charge is 0.497 e. The first-order valence-corrected chi connectivity index (χ1v) is 8.33. The summed E-state index contributed by atoms with van der Waals surface area (Å²) in [5.41, 5.74) is 1.42. The van der Waals surface area contributed by atoms with E-state index in [0.29, 0.717) is 0 Å². The predicted molar refractivity (Wildman–Crippen MR) is 81.6 cm³/mol. The molecule has 19 heavy (non-hydrogen) atoms. The van der Waals surface area contributed by atoms with E-state index in [1.807, 2.05) is 0 Å². The second kappa shape index (κ2) is 5.37. The number of fused-ring (bicyclic) bond motifs is 1. The molecule has 0 N–H and O–H groups in total.